The lowest BCUT2D eigenvalue weighted by Crippen LogP contribution is -2.66. The molecule has 5 aliphatic carbocycles. The number of nitrogens with zero attached hydrogens (tertiary/aromatic N) is 2. The van der Waals surface area contributed by atoms with Crippen LogP contribution in [0.15, 0.2) is 41.5 Å². The highest BCUT2D eigenvalue weighted by Crippen LogP contribution is 2.77. The Labute approximate surface area is 355 Å². The largest absolute Gasteiger partial charge is 0.481 e. The van der Waals surface area contributed by atoms with Crippen LogP contribution in [0.25, 0.3) is 0 Å². The first-order valence-electron chi connectivity index (χ1n) is 22.7. The van der Waals surface area contributed by atoms with E-state index in [1.807, 2.05) is 6.07 Å². The molecule has 0 saturated heterocycles. The molecule has 0 bridgehead atoms. The molecule has 328 valence electrons. The van der Waals surface area contributed by atoms with Crippen molar-refractivity contribution in [2.45, 2.75) is 152 Å². The van der Waals surface area contributed by atoms with Gasteiger partial charge in [-0.2, -0.15) is 0 Å². The van der Waals surface area contributed by atoms with Gasteiger partial charge in [0.15, 0.2) is 5.78 Å². The lowest BCUT2D eigenvalue weighted by Gasteiger charge is -2.72. The van der Waals surface area contributed by atoms with Crippen molar-refractivity contribution < 1.29 is 33.8 Å². The van der Waals surface area contributed by atoms with Crippen molar-refractivity contribution in [3.05, 3.63) is 47.0 Å². The van der Waals surface area contributed by atoms with Crippen LogP contribution < -0.4 is 0 Å². The van der Waals surface area contributed by atoms with Crippen molar-refractivity contribution in [3.63, 3.8) is 0 Å². The fourth-order valence-corrected chi connectivity index (χ4v) is 14.1. The maximum Gasteiger partial charge on any atom is 0.309 e. The van der Waals surface area contributed by atoms with Crippen LogP contribution in [0.4, 0.5) is 0 Å². The van der Waals surface area contributed by atoms with Gasteiger partial charge >= 0.3 is 17.9 Å². The van der Waals surface area contributed by atoms with Crippen LogP contribution in [-0.2, 0) is 35.2 Å². The van der Waals surface area contributed by atoms with Gasteiger partial charge < -0.3 is 19.5 Å². The van der Waals surface area contributed by atoms with Gasteiger partial charge in [0.2, 0.25) is 0 Å². The topological polar surface area (TPSA) is 113 Å². The molecule has 59 heavy (non-hydrogen) atoms. The molecule has 9 nitrogen and oxygen atoms in total. The van der Waals surface area contributed by atoms with Gasteiger partial charge in [-0.3, -0.25) is 24.1 Å². The summed E-state index contributed by atoms with van der Waals surface area (Å²) in [6.45, 7) is 24.2. The van der Waals surface area contributed by atoms with E-state index in [-0.39, 0.29) is 57.8 Å². The number of likely N-dealkylation sites (N-methyl/N-ethyl adjacent to an activating group) is 1. The van der Waals surface area contributed by atoms with Gasteiger partial charge in [-0.15, -0.1) is 0 Å². The Bertz CT molecular complexity index is 1800. The Morgan fingerprint density at radius 2 is 1.56 bits per heavy atom. The average Bonchev–Trinajstić information content (AvgIpc) is 3.45. The third-order valence-corrected chi connectivity index (χ3v) is 17.3. The first kappa shape index (κ1) is 45.5. The van der Waals surface area contributed by atoms with Gasteiger partial charge in [0.1, 0.15) is 12.2 Å². The van der Waals surface area contributed by atoms with Gasteiger partial charge in [0, 0.05) is 50.4 Å². The van der Waals surface area contributed by atoms with E-state index >= 15 is 0 Å². The molecule has 0 spiro atoms. The van der Waals surface area contributed by atoms with E-state index in [9.17, 15) is 24.3 Å². The highest BCUT2D eigenvalue weighted by Gasteiger charge is 2.71. The predicted molar refractivity (Wildman–Crippen MR) is 231 cm³/mol. The first-order chi connectivity index (χ1) is 27.4. The van der Waals surface area contributed by atoms with E-state index in [2.05, 4.69) is 96.6 Å². The third-order valence-electron chi connectivity index (χ3n) is 17.3. The fraction of sp³-hybridized carbons (Fsp3) is 0.760. The molecule has 0 heterocycles. The zero-order chi connectivity index (χ0) is 43.5. The number of ketones is 1. The van der Waals surface area contributed by atoms with Crippen molar-refractivity contribution in [1.82, 2.24) is 9.80 Å². The van der Waals surface area contributed by atoms with Crippen LogP contribution in [0.1, 0.15) is 139 Å². The van der Waals surface area contributed by atoms with Gasteiger partial charge in [0.25, 0.3) is 0 Å². The molecule has 4 fully saturated rings. The summed E-state index contributed by atoms with van der Waals surface area (Å²) in [7, 11) is 4.18. The molecule has 0 aromatic heterocycles. The molecule has 0 radical (unpaired) electrons. The SMILES string of the molecule is CC(=O)O[C@@H](CN(CCN(C)C)Cc1ccccc1)[C@@]12CC[C@]3(C)[C@H](CC[C@@H]4[C@@]5(C)CC[C@H](OC(=O)CC(C)(C)C(=O)O)C(C)(C)C5CC[C@]43C)C1=C(C(C)C)C(=O)C2. The van der Waals surface area contributed by atoms with Crippen molar-refractivity contribution >= 4 is 23.7 Å². The zero-order valence-electron chi connectivity index (χ0n) is 38.5. The second kappa shape index (κ2) is 16.3. The molecule has 6 rings (SSSR count). The van der Waals surface area contributed by atoms with E-state index in [0.717, 1.165) is 76.6 Å². The first-order valence-corrected chi connectivity index (χ1v) is 22.7. The Kier molecular flexibility index (Phi) is 12.6. The standard InChI is InChI=1S/C50H76N2O7/c1-32(2)42-36(54)28-50(40(58-33(3)53)31-52(27-26-51(11)12)30-34-16-14-13-15-17-34)25-24-48(9)35(43(42)50)18-19-38-47(8)22-21-39(59-41(55)29-45(4,5)44(56)57)46(6,7)37(47)20-23-49(38,48)10/h13-17,32,35,37-40H,18-31H2,1-12H3,(H,56,57)/t35-,37?,38-,39+,40+,47+,48-,49-,50+/m1/s1. The molecule has 4 saturated carbocycles. The molecular formula is C50H76N2O7. The van der Waals surface area contributed by atoms with Crippen molar-refractivity contribution in [2.75, 3.05) is 33.7 Å². The summed E-state index contributed by atoms with van der Waals surface area (Å²) < 4.78 is 12.7. The summed E-state index contributed by atoms with van der Waals surface area (Å²) in [5.74, 6) is -0.368. The highest BCUT2D eigenvalue weighted by molar-refractivity contribution is 6.01. The number of carboxylic acids is 1. The van der Waals surface area contributed by atoms with Crippen molar-refractivity contribution in [1.29, 1.82) is 0 Å². The Hall–Kier alpha value is -3.04. The summed E-state index contributed by atoms with van der Waals surface area (Å²) in [5.41, 5.74) is 1.54. The normalized spacial score (nSPS) is 34.5. The summed E-state index contributed by atoms with van der Waals surface area (Å²) >= 11 is 0. The van der Waals surface area contributed by atoms with E-state index in [1.54, 1.807) is 13.8 Å². The van der Waals surface area contributed by atoms with Crippen LogP contribution in [0, 0.1) is 56.2 Å². The summed E-state index contributed by atoms with van der Waals surface area (Å²) in [5, 5.41) is 9.67. The number of aliphatic carboxylic acids is 1. The zero-order valence-corrected chi connectivity index (χ0v) is 38.5. The number of esters is 2. The smallest absolute Gasteiger partial charge is 0.309 e. The van der Waals surface area contributed by atoms with Gasteiger partial charge in [0.05, 0.1) is 11.8 Å². The molecule has 9 atom stereocenters. The summed E-state index contributed by atoms with van der Waals surface area (Å²) in [4.78, 5) is 57.4. The summed E-state index contributed by atoms with van der Waals surface area (Å²) in [6, 6.07) is 10.5. The maximum absolute atomic E-state index is 14.6. The number of carboxylic acid groups (broad SMARTS) is 1. The number of fused-ring (bicyclic) bond motifs is 7. The molecule has 1 aromatic carbocycles. The lowest BCUT2D eigenvalue weighted by molar-refractivity contribution is -0.235. The second-order valence-corrected chi connectivity index (χ2v) is 22.2. The number of Topliss-reactive ketones (excluding diaryl/α,β-unsaturated/α-hetero) is 1. The second-order valence-electron chi connectivity index (χ2n) is 22.2. The van der Waals surface area contributed by atoms with Crippen LogP contribution in [0.2, 0.25) is 0 Å². The number of hydrogen-bond acceptors (Lipinski definition) is 8. The monoisotopic (exact) mass is 817 g/mol. The number of carbonyl (C=O) groups excluding carboxylic acids is 3. The number of ether oxygens (including phenoxy) is 2. The van der Waals surface area contributed by atoms with Crippen LogP contribution in [0.5, 0.6) is 0 Å². The fourth-order valence-electron chi connectivity index (χ4n) is 14.1. The van der Waals surface area contributed by atoms with Crippen molar-refractivity contribution in [2.24, 2.45) is 56.2 Å². The average molecular weight is 817 g/mol. The molecule has 0 aliphatic heterocycles. The number of carbonyl (C=O) groups is 4. The van der Waals surface area contributed by atoms with Crippen molar-refractivity contribution in [3.8, 4) is 0 Å². The number of allylic oxidation sites excluding steroid dienone is 1. The number of benzene rings is 1. The minimum Gasteiger partial charge on any atom is -0.481 e. The summed E-state index contributed by atoms with van der Waals surface area (Å²) in [6.07, 6.45) is 7.26. The molecular weight excluding hydrogens is 741 g/mol. The molecule has 0 amide bonds. The lowest BCUT2D eigenvalue weighted by atomic mass is 9.33. The minimum atomic E-state index is -1.18. The molecule has 9 heteroatoms. The molecule has 5 aliphatic rings. The maximum atomic E-state index is 14.6. The Morgan fingerprint density at radius 1 is 0.881 bits per heavy atom. The van der Waals surface area contributed by atoms with Gasteiger partial charge in [-0.05, 0) is 136 Å². The van der Waals surface area contributed by atoms with E-state index in [4.69, 9.17) is 9.47 Å². The quantitative estimate of drug-likeness (QED) is 0.184. The Morgan fingerprint density at radius 3 is 2.17 bits per heavy atom. The number of rotatable bonds is 14. The van der Waals surface area contributed by atoms with E-state index in [1.165, 1.54) is 18.1 Å². The predicted octanol–water partition coefficient (Wildman–Crippen LogP) is 9.38. The van der Waals surface area contributed by atoms with Gasteiger partial charge in [-0.1, -0.05) is 78.8 Å². The van der Waals surface area contributed by atoms with Crippen LogP contribution >= 0.6 is 0 Å². The van der Waals surface area contributed by atoms with Crippen LogP contribution in [-0.4, -0.2) is 84.5 Å². The van der Waals surface area contributed by atoms with E-state index < -0.39 is 28.9 Å². The molecule has 1 aromatic rings. The number of hydrogen-bond donors (Lipinski definition) is 1. The molecule has 1 N–H and O–H groups in total. The highest BCUT2D eigenvalue weighted by atomic mass is 16.5. The minimum absolute atomic E-state index is 0.0150. The van der Waals surface area contributed by atoms with Gasteiger partial charge in [-0.25, -0.2) is 0 Å². The van der Waals surface area contributed by atoms with E-state index in [0.29, 0.717) is 24.8 Å². The molecule has 1 unspecified atom stereocenters. The van der Waals surface area contributed by atoms with Crippen LogP contribution in [0.3, 0.4) is 0 Å². The Balaban J connectivity index is 1.33. The third kappa shape index (κ3) is 7.98.